The van der Waals surface area contributed by atoms with Crippen LogP contribution in [-0.4, -0.2) is 15.1 Å². The van der Waals surface area contributed by atoms with Gasteiger partial charge in [-0.25, -0.2) is 0 Å². The lowest BCUT2D eigenvalue weighted by Gasteiger charge is -2.18. The summed E-state index contributed by atoms with van der Waals surface area (Å²) < 4.78 is 6.98. The molecule has 28 heavy (non-hydrogen) atoms. The van der Waals surface area contributed by atoms with Gasteiger partial charge in [0.15, 0.2) is 0 Å². The summed E-state index contributed by atoms with van der Waals surface area (Å²) in [4.78, 5) is 2.35. The van der Waals surface area contributed by atoms with Gasteiger partial charge in [-0.2, -0.15) is 0 Å². The molecule has 0 spiro atoms. The molecule has 0 N–H and O–H groups in total. The molecule has 0 saturated heterocycles. The fourth-order valence-corrected chi connectivity index (χ4v) is 3.97. The molecule has 0 atom stereocenters. The van der Waals surface area contributed by atoms with E-state index in [2.05, 4.69) is 79.6 Å². The zero-order valence-electron chi connectivity index (χ0n) is 15.2. The van der Waals surface area contributed by atoms with Gasteiger partial charge in [-0.1, -0.05) is 64.5 Å². The summed E-state index contributed by atoms with van der Waals surface area (Å²) in [6.45, 7) is 2.31. The maximum atomic E-state index is 5.95. The van der Waals surface area contributed by atoms with Crippen LogP contribution in [-0.2, 0) is 19.6 Å². The molecule has 0 bridgehead atoms. The summed E-state index contributed by atoms with van der Waals surface area (Å²) in [5, 5.41) is 8.52. The van der Waals surface area contributed by atoms with E-state index in [-0.39, 0.29) is 0 Å². The molecular formula is C23H18BrN3O. The quantitative estimate of drug-likeness (QED) is 0.418. The van der Waals surface area contributed by atoms with E-state index in [1.54, 1.807) is 0 Å². The second-order valence-electron chi connectivity index (χ2n) is 6.97. The van der Waals surface area contributed by atoms with E-state index in [0.29, 0.717) is 18.3 Å². The lowest BCUT2D eigenvalue weighted by molar-refractivity contribution is 0.225. The Hall–Kier alpha value is -2.76. The standard InChI is InChI=1S/C23H18BrN3O/c24-19-11-9-16(10-12-19)23-26-25-22(28-23)15-27-13-17-5-1-3-7-20(17)21-8-4-2-6-18(21)14-27/h1-12H,13-15H2. The summed E-state index contributed by atoms with van der Waals surface area (Å²) in [7, 11) is 0. The zero-order valence-corrected chi connectivity index (χ0v) is 16.8. The minimum absolute atomic E-state index is 0.554. The van der Waals surface area contributed by atoms with Crippen molar-refractivity contribution in [2.24, 2.45) is 0 Å². The van der Waals surface area contributed by atoms with Crippen LogP contribution in [0.1, 0.15) is 17.0 Å². The van der Waals surface area contributed by atoms with Crippen molar-refractivity contribution in [1.29, 1.82) is 0 Å². The average molecular weight is 432 g/mol. The van der Waals surface area contributed by atoms with Gasteiger partial charge >= 0.3 is 0 Å². The largest absolute Gasteiger partial charge is 0.419 e. The molecule has 4 aromatic rings. The summed E-state index contributed by atoms with van der Waals surface area (Å²) in [5.74, 6) is 1.19. The van der Waals surface area contributed by atoms with Crippen LogP contribution in [0.15, 0.2) is 81.7 Å². The van der Waals surface area contributed by atoms with E-state index in [1.807, 2.05) is 24.3 Å². The van der Waals surface area contributed by atoms with Gasteiger partial charge in [0, 0.05) is 23.1 Å². The van der Waals surface area contributed by atoms with Gasteiger partial charge in [0.1, 0.15) is 0 Å². The van der Waals surface area contributed by atoms with E-state index in [0.717, 1.165) is 23.1 Å². The van der Waals surface area contributed by atoms with Gasteiger partial charge in [0.25, 0.3) is 0 Å². The fraction of sp³-hybridized carbons (Fsp3) is 0.130. The molecule has 0 fully saturated rings. The number of rotatable bonds is 3. The second-order valence-corrected chi connectivity index (χ2v) is 7.88. The van der Waals surface area contributed by atoms with Gasteiger partial charge in [-0.05, 0) is 46.5 Å². The minimum Gasteiger partial charge on any atom is -0.419 e. The van der Waals surface area contributed by atoms with E-state index >= 15 is 0 Å². The molecule has 0 radical (unpaired) electrons. The summed E-state index contributed by atoms with van der Waals surface area (Å²) in [6.07, 6.45) is 0. The van der Waals surface area contributed by atoms with Crippen molar-refractivity contribution < 1.29 is 4.42 Å². The Kier molecular flexibility index (Phi) is 4.55. The first-order valence-electron chi connectivity index (χ1n) is 9.23. The normalized spacial score (nSPS) is 13.6. The van der Waals surface area contributed by atoms with Crippen molar-refractivity contribution in [2.45, 2.75) is 19.6 Å². The molecule has 5 rings (SSSR count). The number of hydrogen-bond donors (Lipinski definition) is 0. The highest BCUT2D eigenvalue weighted by Gasteiger charge is 2.20. The van der Waals surface area contributed by atoms with Crippen LogP contribution in [0, 0.1) is 0 Å². The lowest BCUT2D eigenvalue weighted by atomic mass is 9.97. The van der Waals surface area contributed by atoms with Crippen LogP contribution in [0.5, 0.6) is 0 Å². The number of aromatic nitrogens is 2. The third-order valence-electron chi connectivity index (χ3n) is 5.03. The number of benzene rings is 3. The van der Waals surface area contributed by atoms with Crippen LogP contribution in [0.3, 0.4) is 0 Å². The van der Waals surface area contributed by atoms with E-state index in [4.69, 9.17) is 4.42 Å². The molecule has 2 heterocycles. The third kappa shape index (κ3) is 3.39. The SMILES string of the molecule is Brc1ccc(-c2nnc(CN3Cc4ccccc4-c4ccccc4C3)o2)cc1. The highest BCUT2D eigenvalue weighted by Crippen LogP contribution is 2.33. The van der Waals surface area contributed by atoms with Crippen LogP contribution in [0.4, 0.5) is 0 Å². The molecule has 0 unspecified atom stereocenters. The first-order chi connectivity index (χ1) is 13.8. The molecular weight excluding hydrogens is 414 g/mol. The first-order valence-corrected chi connectivity index (χ1v) is 10.0. The number of halogens is 1. The predicted octanol–water partition coefficient (Wildman–Crippen LogP) is 5.68. The number of hydrogen-bond acceptors (Lipinski definition) is 4. The molecule has 0 amide bonds. The summed E-state index contributed by atoms with van der Waals surface area (Å²) >= 11 is 3.45. The van der Waals surface area contributed by atoms with Crippen molar-refractivity contribution in [2.75, 3.05) is 0 Å². The Balaban J connectivity index is 1.43. The molecule has 1 aliphatic rings. The van der Waals surface area contributed by atoms with Crippen molar-refractivity contribution in [3.63, 3.8) is 0 Å². The molecule has 3 aromatic carbocycles. The van der Waals surface area contributed by atoms with Gasteiger partial charge < -0.3 is 4.42 Å². The van der Waals surface area contributed by atoms with Crippen LogP contribution in [0.25, 0.3) is 22.6 Å². The summed E-state index contributed by atoms with van der Waals surface area (Å²) in [6, 6.07) is 25.1. The average Bonchev–Trinajstić information content (AvgIpc) is 3.11. The van der Waals surface area contributed by atoms with Crippen LogP contribution in [0.2, 0.25) is 0 Å². The molecule has 0 aliphatic carbocycles. The first kappa shape index (κ1) is 17.3. The van der Waals surface area contributed by atoms with E-state index < -0.39 is 0 Å². The maximum absolute atomic E-state index is 5.95. The topological polar surface area (TPSA) is 42.2 Å². The van der Waals surface area contributed by atoms with Crippen molar-refractivity contribution >= 4 is 15.9 Å². The van der Waals surface area contributed by atoms with Crippen molar-refractivity contribution in [3.8, 4) is 22.6 Å². The van der Waals surface area contributed by atoms with Crippen molar-refractivity contribution in [1.82, 2.24) is 15.1 Å². The lowest BCUT2D eigenvalue weighted by Crippen LogP contribution is -2.21. The Morgan fingerprint density at radius 1 is 0.786 bits per heavy atom. The number of fused-ring (bicyclic) bond motifs is 3. The molecule has 138 valence electrons. The smallest absolute Gasteiger partial charge is 0.247 e. The monoisotopic (exact) mass is 431 g/mol. The van der Waals surface area contributed by atoms with E-state index in [1.165, 1.54) is 22.3 Å². The van der Waals surface area contributed by atoms with Gasteiger partial charge in [-0.3, -0.25) is 4.90 Å². The highest BCUT2D eigenvalue weighted by atomic mass is 79.9. The second kappa shape index (κ2) is 7.34. The highest BCUT2D eigenvalue weighted by molar-refractivity contribution is 9.10. The summed E-state index contributed by atoms with van der Waals surface area (Å²) in [5.41, 5.74) is 6.18. The van der Waals surface area contributed by atoms with Gasteiger partial charge in [0.05, 0.1) is 6.54 Å². The minimum atomic E-state index is 0.554. The zero-order chi connectivity index (χ0) is 18.9. The Morgan fingerprint density at radius 3 is 2.04 bits per heavy atom. The van der Waals surface area contributed by atoms with Crippen LogP contribution < -0.4 is 0 Å². The molecule has 1 aromatic heterocycles. The predicted molar refractivity (Wildman–Crippen MR) is 112 cm³/mol. The van der Waals surface area contributed by atoms with E-state index in [9.17, 15) is 0 Å². The maximum Gasteiger partial charge on any atom is 0.247 e. The molecule has 0 saturated carbocycles. The fourth-order valence-electron chi connectivity index (χ4n) is 3.71. The van der Waals surface area contributed by atoms with Gasteiger partial charge in [-0.15, -0.1) is 10.2 Å². The molecule has 1 aliphatic heterocycles. The van der Waals surface area contributed by atoms with Gasteiger partial charge in [0.2, 0.25) is 11.8 Å². The molecule has 4 nitrogen and oxygen atoms in total. The Morgan fingerprint density at radius 2 is 1.39 bits per heavy atom. The third-order valence-corrected chi connectivity index (χ3v) is 5.56. The molecule has 5 heteroatoms. The number of nitrogens with zero attached hydrogens (tertiary/aromatic N) is 3. The van der Waals surface area contributed by atoms with Crippen molar-refractivity contribution in [3.05, 3.63) is 94.3 Å². The Labute approximate surface area is 172 Å². The van der Waals surface area contributed by atoms with Crippen LogP contribution >= 0.6 is 15.9 Å². The Bertz CT molecular complexity index is 1070.